The van der Waals surface area contributed by atoms with Gasteiger partial charge in [-0.15, -0.1) is 0 Å². The SMILES string of the molecule is NCCCCNC(=O)[C@@H]1CN(C(=O)[C@@H](N)CO)C[C@H]1C(=O)NCCc1ccc2ccccc2c1. The molecule has 7 N–H and O–H groups in total. The first-order valence-corrected chi connectivity index (χ1v) is 11.8. The van der Waals surface area contributed by atoms with Crippen LogP contribution in [-0.4, -0.2) is 73.1 Å². The fourth-order valence-electron chi connectivity index (χ4n) is 4.30. The minimum absolute atomic E-state index is 0.0925. The zero-order valence-corrected chi connectivity index (χ0v) is 19.4. The summed E-state index contributed by atoms with van der Waals surface area (Å²) in [6.07, 6.45) is 2.19. The second-order valence-electron chi connectivity index (χ2n) is 8.75. The van der Waals surface area contributed by atoms with Crippen molar-refractivity contribution < 1.29 is 19.5 Å². The average Bonchev–Trinajstić information content (AvgIpc) is 3.31. The standard InChI is InChI=1S/C25H35N5O4/c26-10-3-4-11-28-23(32)20-14-30(25(34)22(27)16-31)15-21(20)24(33)29-12-9-17-7-8-18-5-1-2-6-19(18)13-17/h1-2,5-8,13,20-22,31H,3-4,9-12,14-16,26-27H2,(H,28,32)(H,29,33)/t20-,21-,22+/m1/s1. The number of hydrogen-bond donors (Lipinski definition) is 5. The van der Waals surface area contributed by atoms with E-state index in [9.17, 15) is 19.5 Å². The summed E-state index contributed by atoms with van der Waals surface area (Å²) in [5.74, 6) is -2.35. The highest BCUT2D eigenvalue weighted by Gasteiger charge is 2.44. The van der Waals surface area contributed by atoms with Crippen LogP contribution >= 0.6 is 0 Å². The van der Waals surface area contributed by atoms with Crippen LogP contribution in [0.25, 0.3) is 10.8 Å². The second-order valence-corrected chi connectivity index (χ2v) is 8.75. The van der Waals surface area contributed by atoms with Gasteiger partial charge in [0.2, 0.25) is 17.7 Å². The summed E-state index contributed by atoms with van der Waals surface area (Å²) in [4.78, 5) is 39.7. The molecule has 1 aliphatic rings. The number of unbranched alkanes of at least 4 members (excludes halogenated alkanes) is 1. The van der Waals surface area contributed by atoms with Crippen LogP contribution in [0.5, 0.6) is 0 Å². The van der Waals surface area contributed by atoms with Gasteiger partial charge in [0.15, 0.2) is 0 Å². The number of amides is 3. The molecular formula is C25H35N5O4. The van der Waals surface area contributed by atoms with Crippen molar-refractivity contribution in [2.24, 2.45) is 23.3 Å². The highest BCUT2D eigenvalue weighted by molar-refractivity contribution is 5.91. The Morgan fingerprint density at radius 1 is 0.971 bits per heavy atom. The predicted molar refractivity (Wildman–Crippen MR) is 131 cm³/mol. The molecule has 0 aliphatic carbocycles. The molecule has 0 radical (unpaired) electrons. The summed E-state index contributed by atoms with van der Waals surface area (Å²) in [5, 5.41) is 17.3. The van der Waals surface area contributed by atoms with E-state index in [0.29, 0.717) is 26.1 Å². The van der Waals surface area contributed by atoms with Gasteiger partial charge in [-0.05, 0) is 42.1 Å². The van der Waals surface area contributed by atoms with E-state index in [2.05, 4.69) is 34.9 Å². The lowest BCUT2D eigenvalue weighted by atomic mass is 9.94. The quantitative estimate of drug-likeness (QED) is 0.286. The molecule has 1 heterocycles. The van der Waals surface area contributed by atoms with Gasteiger partial charge in [-0.25, -0.2) is 0 Å². The number of aliphatic hydroxyl groups is 1. The second kappa shape index (κ2) is 12.5. The van der Waals surface area contributed by atoms with Gasteiger partial charge in [-0.1, -0.05) is 42.5 Å². The van der Waals surface area contributed by atoms with Crippen LogP contribution < -0.4 is 22.1 Å². The molecule has 3 atom stereocenters. The number of aliphatic hydroxyl groups excluding tert-OH is 1. The molecule has 1 fully saturated rings. The van der Waals surface area contributed by atoms with Gasteiger partial charge in [0.1, 0.15) is 6.04 Å². The Morgan fingerprint density at radius 2 is 1.62 bits per heavy atom. The van der Waals surface area contributed by atoms with Crippen LogP contribution in [0.15, 0.2) is 42.5 Å². The number of nitrogens with one attached hydrogen (secondary N) is 2. The third kappa shape index (κ3) is 6.53. The molecule has 1 saturated heterocycles. The van der Waals surface area contributed by atoms with E-state index in [0.717, 1.165) is 29.2 Å². The first kappa shape index (κ1) is 25.6. The number of nitrogens with two attached hydrogens (primary N) is 2. The molecule has 184 valence electrons. The van der Waals surface area contributed by atoms with E-state index in [1.165, 1.54) is 4.90 Å². The van der Waals surface area contributed by atoms with Crippen molar-refractivity contribution in [3.05, 3.63) is 48.0 Å². The van der Waals surface area contributed by atoms with Gasteiger partial charge in [0.05, 0.1) is 18.4 Å². The Bertz CT molecular complexity index is 998. The lowest BCUT2D eigenvalue weighted by Gasteiger charge is -2.19. The van der Waals surface area contributed by atoms with Crippen molar-refractivity contribution in [3.8, 4) is 0 Å². The largest absolute Gasteiger partial charge is 0.394 e. The molecule has 3 amide bonds. The number of nitrogens with zero attached hydrogens (tertiary/aromatic N) is 1. The van der Waals surface area contributed by atoms with Crippen LogP contribution in [0.4, 0.5) is 0 Å². The molecule has 0 spiro atoms. The molecule has 1 aliphatic heterocycles. The maximum atomic E-state index is 13.0. The van der Waals surface area contributed by atoms with Crippen molar-refractivity contribution in [3.63, 3.8) is 0 Å². The van der Waals surface area contributed by atoms with Crippen molar-refractivity contribution >= 4 is 28.5 Å². The Kier molecular flexibility index (Phi) is 9.38. The Balaban J connectivity index is 1.61. The summed E-state index contributed by atoms with van der Waals surface area (Å²) in [7, 11) is 0. The molecule has 2 aromatic rings. The maximum Gasteiger partial charge on any atom is 0.241 e. The lowest BCUT2D eigenvalue weighted by molar-refractivity contribution is -0.132. The predicted octanol–water partition coefficient (Wildman–Crippen LogP) is -0.252. The summed E-state index contributed by atoms with van der Waals surface area (Å²) in [5.41, 5.74) is 12.3. The maximum absolute atomic E-state index is 13.0. The number of carbonyl (C=O) groups is 3. The van der Waals surface area contributed by atoms with Gasteiger partial charge in [0.25, 0.3) is 0 Å². The molecular weight excluding hydrogens is 434 g/mol. The molecule has 9 heteroatoms. The van der Waals surface area contributed by atoms with Crippen LogP contribution in [0, 0.1) is 11.8 Å². The van der Waals surface area contributed by atoms with Crippen molar-refractivity contribution in [2.75, 3.05) is 39.3 Å². The smallest absolute Gasteiger partial charge is 0.241 e. The topological polar surface area (TPSA) is 151 Å². The molecule has 2 aromatic carbocycles. The summed E-state index contributed by atoms with van der Waals surface area (Å²) in [6, 6.07) is 13.2. The fraction of sp³-hybridized carbons (Fsp3) is 0.480. The van der Waals surface area contributed by atoms with Gasteiger partial charge < -0.3 is 32.1 Å². The van der Waals surface area contributed by atoms with E-state index in [1.807, 2.05) is 18.2 Å². The van der Waals surface area contributed by atoms with Gasteiger partial charge in [-0.3, -0.25) is 14.4 Å². The van der Waals surface area contributed by atoms with Crippen LogP contribution in [-0.2, 0) is 20.8 Å². The Hall–Kier alpha value is -3.01. The molecule has 0 aromatic heterocycles. The lowest BCUT2D eigenvalue weighted by Crippen LogP contribution is -2.45. The van der Waals surface area contributed by atoms with E-state index in [1.54, 1.807) is 0 Å². The first-order valence-electron chi connectivity index (χ1n) is 11.8. The molecule has 34 heavy (non-hydrogen) atoms. The van der Waals surface area contributed by atoms with Crippen molar-refractivity contribution in [2.45, 2.75) is 25.3 Å². The van der Waals surface area contributed by atoms with E-state index in [4.69, 9.17) is 11.5 Å². The minimum atomic E-state index is -1.07. The molecule has 3 rings (SSSR count). The van der Waals surface area contributed by atoms with Crippen LogP contribution in [0.1, 0.15) is 18.4 Å². The normalized spacial score (nSPS) is 18.6. The summed E-state index contributed by atoms with van der Waals surface area (Å²) < 4.78 is 0. The monoisotopic (exact) mass is 469 g/mol. The number of carbonyl (C=O) groups excluding carboxylic acids is 3. The Morgan fingerprint density at radius 3 is 2.26 bits per heavy atom. The number of rotatable bonds is 11. The number of fused-ring (bicyclic) bond motifs is 1. The third-order valence-electron chi connectivity index (χ3n) is 6.28. The first-order chi connectivity index (χ1) is 16.4. The number of benzene rings is 2. The highest BCUT2D eigenvalue weighted by atomic mass is 16.3. The summed E-state index contributed by atoms with van der Waals surface area (Å²) in [6.45, 7) is 1.12. The Labute approximate surface area is 199 Å². The van der Waals surface area contributed by atoms with Gasteiger partial charge in [0, 0.05) is 26.2 Å². The minimum Gasteiger partial charge on any atom is -0.394 e. The van der Waals surface area contributed by atoms with Crippen molar-refractivity contribution in [1.82, 2.24) is 15.5 Å². The van der Waals surface area contributed by atoms with Crippen molar-refractivity contribution in [1.29, 1.82) is 0 Å². The highest BCUT2D eigenvalue weighted by Crippen LogP contribution is 2.25. The van der Waals surface area contributed by atoms with E-state index in [-0.39, 0.29) is 24.9 Å². The van der Waals surface area contributed by atoms with Crippen LogP contribution in [0.2, 0.25) is 0 Å². The van der Waals surface area contributed by atoms with Crippen LogP contribution in [0.3, 0.4) is 0 Å². The van der Waals surface area contributed by atoms with Gasteiger partial charge >= 0.3 is 0 Å². The molecule has 0 unspecified atom stereocenters. The third-order valence-corrected chi connectivity index (χ3v) is 6.28. The number of hydrogen-bond acceptors (Lipinski definition) is 6. The van der Waals surface area contributed by atoms with Gasteiger partial charge in [-0.2, -0.15) is 0 Å². The fourth-order valence-corrected chi connectivity index (χ4v) is 4.30. The summed E-state index contributed by atoms with van der Waals surface area (Å²) >= 11 is 0. The molecule has 0 bridgehead atoms. The van der Waals surface area contributed by atoms with E-state index >= 15 is 0 Å². The molecule has 0 saturated carbocycles. The molecule has 9 nitrogen and oxygen atoms in total. The van der Waals surface area contributed by atoms with E-state index < -0.39 is 30.4 Å². The average molecular weight is 470 g/mol. The zero-order chi connectivity index (χ0) is 24.5. The zero-order valence-electron chi connectivity index (χ0n) is 19.4. The number of likely N-dealkylation sites (tertiary alicyclic amines) is 1.